The largest absolute Gasteiger partial charge is 0.497 e. The highest BCUT2D eigenvalue weighted by Crippen LogP contribution is 2.52. The Morgan fingerprint density at radius 3 is 2.56 bits per heavy atom. The number of methoxy groups -OCH3 is 2. The van der Waals surface area contributed by atoms with Gasteiger partial charge in [0.05, 0.1) is 14.2 Å². The van der Waals surface area contributed by atoms with E-state index < -0.39 is 0 Å². The summed E-state index contributed by atoms with van der Waals surface area (Å²) in [5.41, 5.74) is 7.16. The summed E-state index contributed by atoms with van der Waals surface area (Å²) in [6.45, 7) is 2.07. The van der Waals surface area contributed by atoms with Gasteiger partial charge in [0.1, 0.15) is 11.5 Å². The summed E-state index contributed by atoms with van der Waals surface area (Å²) < 4.78 is 10.6. The van der Waals surface area contributed by atoms with E-state index in [0.29, 0.717) is 11.8 Å². The summed E-state index contributed by atoms with van der Waals surface area (Å²) in [5.74, 6) is 2.90. The van der Waals surface area contributed by atoms with Gasteiger partial charge < -0.3 is 15.2 Å². The Balaban J connectivity index is 2.22. The lowest BCUT2D eigenvalue weighted by atomic mass is 10.1. The molecule has 0 radical (unpaired) electrons. The highest BCUT2D eigenvalue weighted by Gasteiger charge is 2.42. The van der Waals surface area contributed by atoms with Gasteiger partial charge in [0.2, 0.25) is 0 Å². The maximum Gasteiger partial charge on any atom is 0.126 e. The van der Waals surface area contributed by atoms with Crippen molar-refractivity contribution in [3.8, 4) is 11.5 Å². The third-order valence-electron chi connectivity index (χ3n) is 3.36. The minimum atomic E-state index is 0.261. The van der Waals surface area contributed by atoms with E-state index in [0.717, 1.165) is 11.5 Å². The maximum absolute atomic E-state index is 5.91. The first-order chi connectivity index (χ1) is 7.67. The van der Waals surface area contributed by atoms with E-state index in [4.69, 9.17) is 15.2 Å². The first kappa shape index (κ1) is 11.3. The van der Waals surface area contributed by atoms with Crippen molar-refractivity contribution in [1.29, 1.82) is 0 Å². The van der Waals surface area contributed by atoms with Crippen LogP contribution in [0.25, 0.3) is 0 Å². The molecule has 1 aromatic rings. The fourth-order valence-electron chi connectivity index (χ4n) is 2.28. The van der Waals surface area contributed by atoms with Gasteiger partial charge in [-0.1, -0.05) is 6.07 Å². The van der Waals surface area contributed by atoms with Crippen molar-refractivity contribution in [3.63, 3.8) is 0 Å². The van der Waals surface area contributed by atoms with Crippen LogP contribution >= 0.6 is 0 Å². The molecule has 0 aromatic heterocycles. The molecular formula is C13H19NO2. The Labute approximate surface area is 96.5 Å². The van der Waals surface area contributed by atoms with Gasteiger partial charge >= 0.3 is 0 Å². The molecule has 88 valence electrons. The summed E-state index contributed by atoms with van der Waals surface area (Å²) in [4.78, 5) is 0. The van der Waals surface area contributed by atoms with Gasteiger partial charge in [-0.05, 0) is 36.8 Å². The fourth-order valence-corrected chi connectivity index (χ4v) is 2.28. The summed E-state index contributed by atoms with van der Waals surface area (Å²) in [7, 11) is 3.36. The van der Waals surface area contributed by atoms with E-state index >= 15 is 0 Å². The molecule has 2 N–H and O–H groups in total. The minimum Gasteiger partial charge on any atom is -0.497 e. The van der Waals surface area contributed by atoms with E-state index in [-0.39, 0.29) is 6.04 Å². The molecule has 0 amide bonds. The molecule has 0 spiro atoms. The average molecular weight is 221 g/mol. The van der Waals surface area contributed by atoms with Gasteiger partial charge in [0.25, 0.3) is 0 Å². The van der Waals surface area contributed by atoms with Crippen LogP contribution in [0.15, 0.2) is 18.2 Å². The van der Waals surface area contributed by atoms with E-state index in [9.17, 15) is 0 Å². The lowest BCUT2D eigenvalue weighted by molar-refractivity contribution is 0.390. The molecule has 0 unspecified atom stereocenters. The summed E-state index contributed by atoms with van der Waals surface area (Å²) in [5, 5.41) is 0. The van der Waals surface area contributed by atoms with Crippen LogP contribution in [0.5, 0.6) is 11.5 Å². The van der Waals surface area contributed by atoms with Crippen molar-refractivity contribution in [3.05, 3.63) is 23.8 Å². The second-order valence-corrected chi connectivity index (χ2v) is 4.47. The zero-order valence-electron chi connectivity index (χ0n) is 10.1. The van der Waals surface area contributed by atoms with Gasteiger partial charge in [-0.15, -0.1) is 0 Å². The molecule has 1 aromatic carbocycles. The van der Waals surface area contributed by atoms with E-state index in [1.807, 2.05) is 12.1 Å². The first-order valence-corrected chi connectivity index (χ1v) is 5.65. The second-order valence-electron chi connectivity index (χ2n) is 4.47. The van der Waals surface area contributed by atoms with Crippen LogP contribution in [-0.4, -0.2) is 20.3 Å². The molecule has 1 fully saturated rings. The predicted octanol–water partition coefficient (Wildman–Crippen LogP) is 2.15. The Hall–Kier alpha value is -1.22. The van der Waals surface area contributed by atoms with Crippen molar-refractivity contribution < 1.29 is 9.47 Å². The minimum absolute atomic E-state index is 0.261. The molecule has 1 saturated carbocycles. The number of benzene rings is 1. The third-order valence-corrected chi connectivity index (χ3v) is 3.36. The predicted molar refractivity (Wildman–Crippen MR) is 64.0 cm³/mol. The van der Waals surface area contributed by atoms with Crippen LogP contribution < -0.4 is 15.2 Å². The second kappa shape index (κ2) is 4.34. The lowest BCUT2D eigenvalue weighted by Gasteiger charge is -2.11. The van der Waals surface area contributed by atoms with Crippen LogP contribution in [0.4, 0.5) is 0 Å². The molecule has 16 heavy (non-hydrogen) atoms. The summed E-state index contributed by atoms with van der Waals surface area (Å²) >= 11 is 0. The van der Waals surface area contributed by atoms with Crippen molar-refractivity contribution in [2.24, 2.45) is 11.7 Å². The fraction of sp³-hybridized carbons (Fsp3) is 0.538. The number of rotatable bonds is 4. The Morgan fingerprint density at radius 2 is 2.06 bits per heavy atom. The Kier molecular flexibility index (Phi) is 3.06. The zero-order valence-corrected chi connectivity index (χ0v) is 10.1. The monoisotopic (exact) mass is 221 g/mol. The van der Waals surface area contributed by atoms with Gasteiger partial charge in [-0.25, -0.2) is 0 Å². The van der Waals surface area contributed by atoms with Crippen molar-refractivity contribution in [2.75, 3.05) is 14.2 Å². The quantitative estimate of drug-likeness (QED) is 0.847. The molecule has 0 aliphatic heterocycles. The lowest BCUT2D eigenvalue weighted by Crippen LogP contribution is -2.18. The van der Waals surface area contributed by atoms with Gasteiger partial charge in [-0.2, -0.15) is 0 Å². The molecule has 0 bridgehead atoms. The number of hydrogen-bond donors (Lipinski definition) is 1. The van der Waals surface area contributed by atoms with Crippen molar-refractivity contribution in [1.82, 2.24) is 0 Å². The Bertz CT molecular complexity index is 376. The molecule has 0 heterocycles. The van der Waals surface area contributed by atoms with Crippen LogP contribution in [0.1, 0.15) is 24.8 Å². The SMILES string of the molecule is COc1ccc([C@H]2C[C@@H]2[C@H](C)N)c(OC)c1. The van der Waals surface area contributed by atoms with Crippen LogP contribution in [0.2, 0.25) is 0 Å². The molecule has 3 heteroatoms. The zero-order chi connectivity index (χ0) is 11.7. The molecular weight excluding hydrogens is 202 g/mol. The first-order valence-electron chi connectivity index (χ1n) is 5.65. The van der Waals surface area contributed by atoms with E-state index in [2.05, 4.69) is 13.0 Å². The van der Waals surface area contributed by atoms with Crippen LogP contribution in [-0.2, 0) is 0 Å². The molecule has 3 atom stereocenters. The topological polar surface area (TPSA) is 44.5 Å². The molecule has 0 saturated heterocycles. The average Bonchev–Trinajstić information content (AvgIpc) is 3.08. The van der Waals surface area contributed by atoms with E-state index in [1.54, 1.807) is 14.2 Å². The van der Waals surface area contributed by atoms with E-state index in [1.165, 1.54) is 12.0 Å². The Morgan fingerprint density at radius 1 is 1.31 bits per heavy atom. The van der Waals surface area contributed by atoms with Gasteiger partial charge in [0, 0.05) is 12.1 Å². The highest BCUT2D eigenvalue weighted by molar-refractivity contribution is 5.45. The summed E-state index contributed by atoms with van der Waals surface area (Å²) in [6.07, 6.45) is 1.17. The number of hydrogen-bond acceptors (Lipinski definition) is 3. The van der Waals surface area contributed by atoms with Crippen LogP contribution in [0, 0.1) is 5.92 Å². The molecule has 2 rings (SSSR count). The highest BCUT2D eigenvalue weighted by atomic mass is 16.5. The molecule has 1 aliphatic rings. The maximum atomic E-state index is 5.91. The molecule has 3 nitrogen and oxygen atoms in total. The number of ether oxygens (including phenoxy) is 2. The van der Waals surface area contributed by atoms with Gasteiger partial charge in [0.15, 0.2) is 0 Å². The smallest absolute Gasteiger partial charge is 0.126 e. The van der Waals surface area contributed by atoms with Crippen molar-refractivity contribution >= 4 is 0 Å². The standard InChI is InChI=1S/C13H19NO2/c1-8(14)11-7-12(11)10-5-4-9(15-2)6-13(10)16-3/h4-6,8,11-12H,7,14H2,1-3H3/t8-,11+,12+/m0/s1. The number of nitrogens with two attached hydrogens (primary N) is 1. The van der Waals surface area contributed by atoms with Crippen LogP contribution in [0.3, 0.4) is 0 Å². The molecule has 1 aliphatic carbocycles. The van der Waals surface area contributed by atoms with Gasteiger partial charge in [-0.3, -0.25) is 0 Å². The third kappa shape index (κ3) is 2.00. The normalized spacial score (nSPS) is 25.0. The van der Waals surface area contributed by atoms with Crippen molar-refractivity contribution in [2.45, 2.75) is 25.3 Å². The summed E-state index contributed by atoms with van der Waals surface area (Å²) in [6, 6.07) is 6.27.